The van der Waals surface area contributed by atoms with Gasteiger partial charge in [0.05, 0.1) is 12.4 Å². The van der Waals surface area contributed by atoms with Gasteiger partial charge in [-0.1, -0.05) is 17.8 Å². The van der Waals surface area contributed by atoms with Crippen LogP contribution >= 0.6 is 11.8 Å². The highest BCUT2D eigenvalue weighted by atomic mass is 32.2. The SMILES string of the molecule is CCOc1ccc(NC(=O)CSc2nnc(-c3ccccn3)n2-n2cccc2)cc1. The number of carbonyl (C=O) groups is 1. The van der Waals surface area contributed by atoms with Gasteiger partial charge < -0.3 is 10.1 Å². The molecule has 4 aromatic rings. The van der Waals surface area contributed by atoms with Crippen LogP contribution in [0.3, 0.4) is 0 Å². The van der Waals surface area contributed by atoms with Crippen molar-refractivity contribution in [2.45, 2.75) is 12.1 Å². The Morgan fingerprint density at radius 3 is 2.57 bits per heavy atom. The number of pyridine rings is 1. The van der Waals surface area contributed by atoms with Crippen molar-refractivity contribution < 1.29 is 9.53 Å². The Morgan fingerprint density at radius 2 is 1.87 bits per heavy atom. The number of rotatable bonds is 8. The van der Waals surface area contributed by atoms with E-state index in [4.69, 9.17) is 4.74 Å². The summed E-state index contributed by atoms with van der Waals surface area (Å²) in [6.45, 7) is 2.53. The van der Waals surface area contributed by atoms with Crippen molar-refractivity contribution in [3.63, 3.8) is 0 Å². The Bertz CT molecular complexity index is 1090. The first-order valence-corrected chi connectivity index (χ1v) is 10.4. The largest absolute Gasteiger partial charge is 0.494 e. The molecule has 3 aromatic heterocycles. The van der Waals surface area contributed by atoms with Gasteiger partial charge in [0, 0.05) is 24.3 Å². The lowest BCUT2D eigenvalue weighted by Crippen LogP contribution is -2.16. The third-order valence-electron chi connectivity index (χ3n) is 4.11. The lowest BCUT2D eigenvalue weighted by atomic mass is 10.3. The fourth-order valence-electron chi connectivity index (χ4n) is 2.81. The van der Waals surface area contributed by atoms with Gasteiger partial charge >= 0.3 is 0 Å². The third kappa shape index (κ3) is 4.52. The van der Waals surface area contributed by atoms with Crippen LogP contribution in [0.25, 0.3) is 11.5 Å². The van der Waals surface area contributed by atoms with E-state index in [1.54, 1.807) is 6.20 Å². The fraction of sp³-hybridized carbons (Fsp3) is 0.143. The maximum atomic E-state index is 12.4. The Hall–Kier alpha value is -3.59. The van der Waals surface area contributed by atoms with Gasteiger partial charge in [0.25, 0.3) is 0 Å². The maximum Gasteiger partial charge on any atom is 0.234 e. The van der Waals surface area contributed by atoms with Crippen molar-refractivity contribution in [3.8, 4) is 17.3 Å². The molecule has 9 heteroatoms. The number of thioether (sulfide) groups is 1. The van der Waals surface area contributed by atoms with Crippen molar-refractivity contribution in [2.24, 2.45) is 0 Å². The smallest absolute Gasteiger partial charge is 0.234 e. The number of nitrogens with zero attached hydrogens (tertiary/aromatic N) is 5. The standard InChI is InChI=1S/C21H20N6O2S/c1-2-29-17-10-8-16(9-11-17)23-19(28)15-30-21-25-24-20(18-7-3-4-12-22-18)27(21)26-13-5-6-14-26/h3-14H,2,15H2,1H3,(H,23,28). The van der Waals surface area contributed by atoms with Crippen LogP contribution in [-0.2, 0) is 4.79 Å². The summed E-state index contributed by atoms with van der Waals surface area (Å²) in [5.74, 6) is 1.42. The van der Waals surface area contributed by atoms with E-state index in [0.717, 1.165) is 5.75 Å². The lowest BCUT2D eigenvalue weighted by molar-refractivity contribution is -0.113. The topological polar surface area (TPSA) is 86.9 Å². The highest BCUT2D eigenvalue weighted by Crippen LogP contribution is 2.23. The molecule has 0 unspecified atom stereocenters. The van der Waals surface area contributed by atoms with Gasteiger partial charge in [-0.15, -0.1) is 10.2 Å². The number of hydrogen-bond acceptors (Lipinski definition) is 6. The fourth-order valence-corrected chi connectivity index (χ4v) is 3.54. The van der Waals surface area contributed by atoms with Gasteiger partial charge in [-0.3, -0.25) is 14.5 Å². The van der Waals surface area contributed by atoms with E-state index in [0.29, 0.717) is 29.0 Å². The van der Waals surface area contributed by atoms with Crippen molar-refractivity contribution in [2.75, 3.05) is 17.7 Å². The predicted molar refractivity (Wildman–Crippen MR) is 115 cm³/mol. The van der Waals surface area contributed by atoms with Gasteiger partial charge in [-0.05, 0) is 55.5 Å². The van der Waals surface area contributed by atoms with E-state index in [2.05, 4.69) is 20.5 Å². The molecule has 3 heterocycles. The van der Waals surface area contributed by atoms with Crippen LogP contribution in [-0.4, -0.2) is 42.8 Å². The normalized spacial score (nSPS) is 10.7. The molecule has 0 atom stereocenters. The zero-order valence-electron chi connectivity index (χ0n) is 16.3. The van der Waals surface area contributed by atoms with E-state index in [-0.39, 0.29) is 11.7 Å². The van der Waals surface area contributed by atoms with Crippen LogP contribution in [0.5, 0.6) is 5.75 Å². The molecule has 0 aliphatic rings. The first kappa shape index (κ1) is 19.7. The lowest BCUT2D eigenvalue weighted by Gasteiger charge is -2.11. The van der Waals surface area contributed by atoms with Crippen molar-refractivity contribution in [1.29, 1.82) is 0 Å². The summed E-state index contributed by atoms with van der Waals surface area (Å²) in [6, 6.07) is 16.7. The minimum atomic E-state index is -0.134. The molecule has 0 aliphatic carbocycles. The molecule has 4 rings (SSSR count). The Balaban J connectivity index is 1.48. The second-order valence-corrected chi connectivity index (χ2v) is 7.13. The second kappa shape index (κ2) is 9.27. The van der Waals surface area contributed by atoms with Crippen molar-refractivity contribution in [3.05, 3.63) is 73.2 Å². The number of hydrogen-bond donors (Lipinski definition) is 1. The molecule has 1 N–H and O–H groups in total. The summed E-state index contributed by atoms with van der Waals surface area (Å²) in [4.78, 5) is 16.8. The number of aromatic nitrogens is 5. The Morgan fingerprint density at radius 1 is 1.07 bits per heavy atom. The molecule has 0 radical (unpaired) electrons. The number of benzene rings is 1. The average molecular weight is 420 g/mol. The summed E-state index contributed by atoms with van der Waals surface area (Å²) in [6.07, 6.45) is 5.49. The summed E-state index contributed by atoms with van der Waals surface area (Å²) >= 11 is 1.30. The van der Waals surface area contributed by atoms with E-state index in [1.165, 1.54) is 11.8 Å². The summed E-state index contributed by atoms with van der Waals surface area (Å²) in [5, 5.41) is 12.0. The van der Waals surface area contributed by atoms with E-state index in [1.807, 2.05) is 83.3 Å². The monoisotopic (exact) mass is 420 g/mol. The van der Waals surface area contributed by atoms with E-state index >= 15 is 0 Å². The number of ether oxygens (including phenoxy) is 1. The average Bonchev–Trinajstić information content (AvgIpc) is 3.44. The van der Waals surface area contributed by atoms with Gasteiger partial charge in [0.2, 0.25) is 16.9 Å². The molecule has 0 fully saturated rings. The maximum absolute atomic E-state index is 12.4. The molecule has 152 valence electrons. The zero-order chi connectivity index (χ0) is 20.8. The molecule has 30 heavy (non-hydrogen) atoms. The van der Waals surface area contributed by atoms with Crippen LogP contribution in [0.15, 0.2) is 78.3 Å². The molecule has 0 bridgehead atoms. The van der Waals surface area contributed by atoms with Gasteiger partial charge in [-0.2, -0.15) is 0 Å². The zero-order valence-corrected chi connectivity index (χ0v) is 17.1. The van der Waals surface area contributed by atoms with E-state index in [9.17, 15) is 4.79 Å². The highest BCUT2D eigenvalue weighted by Gasteiger charge is 2.17. The first-order chi connectivity index (χ1) is 14.7. The number of amides is 1. The number of nitrogens with one attached hydrogen (secondary N) is 1. The second-order valence-electron chi connectivity index (χ2n) is 6.19. The van der Waals surface area contributed by atoms with Gasteiger partial charge in [-0.25, -0.2) is 4.68 Å². The molecule has 0 spiro atoms. The summed E-state index contributed by atoms with van der Waals surface area (Å²) < 4.78 is 9.10. The van der Waals surface area contributed by atoms with Crippen LogP contribution in [0.2, 0.25) is 0 Å². The van der Waals surface area contributed by atoms with Crippen LogP contribution in [0, 0.1) is 0 Å². The quantitative estimate of drug-likeness (QED) is 0.439. The molecule has 8 nitrogen and oxygen atoms in total. The summed E-state index contributed by atoms with van der Waals surface area (Å²) in [5.41, 5.74) is 1.41. The molecule has 1 aromatic carbocycles. The van der Waals surface area contributed by atoms with Gasteiger partial charge in [0.15, 0.2) is 0 Å². The van der Waals surface area contributed by atoms with Gasteiger partial charge in [0.1, 0.15) is 11.4 Å². The molecular formula is C21H20N6O2S. The Kier molecular flexibility index (Phi) is 6.09. The number of anilines is 1. The number of carbonyl (C=O) groups excluding carboxylic acids is 1. The van der Waals surface area contributed by atoms with Crippen LogP contribution < -0.4 is 10.1 Å². The highest BCUT2D eigenvalue weighted by molar-refractivity contribution is 7.99. The molecular weight excluding hydrogens is 400 g/mol. The van der Waals surface area contributed by atoms with E-state index < -0.39 is 0 Å². The summed E-state index contributed by atoms with van der Waals surface area (Å²) in [7, 11) is 0. The van der Waals surface area contributed by atoms with Crippen molar-refractivity contribution in [1.82, 2.24) is 24.5 Å². The molecule has 0 saturated carbocycles. The molecule has 1 amide bonds. The van der Waals surface area contributed by atoms with Crippen LogP contribution in [0.4, 0.5) is 5.69 Å². The predicted octanol–water partition coefficient (Wildman–Crippen LogP) is 3.58. The first-order valence-electron chi connectivity index (χ1n) is 9.40. The minimum Gasteiger partial charge on any atom is -0.494 e. The molecule has 0 saturated heterocycles. The molecule has 0 aliphatic heterocycles. The van der Waals surface area contributed by atoms with Crippen LogP contribution in [0.1, 0.15) is 6.92 Å². The van der Waals surface area contributed by atoms with Crippen molar-refractivity contribution >= 4 is 23.4 Å². The minimum absolute atomic E-state index is 0.134. The third-order valence-corrected chi connectivity index (χ3v) is 5.03. The Labute approximate surface area is 177 Å².